The molecule has 0 saturated carbocycles. The highest BCUT2D eigenvalue weighted by Gasteiger charge is 2.28. The zero-order chi connectivity index (χ0) is 16.8. The van der Waals surface area contributed by atoms with Crippen LogP contribution in [-0.2, 0) is 9.47 Å². The fraction of sp³-hybridized carbons (Fsp3) is 0.471. The quantitative estimate of drug-likeness (QED) is 0.835. The number of carbonyl (C=O) groups excluding carboxylic acids is 1. The molecule has 1 aliphatic rings. The van der Waals surface area contributed by atoms with Crippen LogP contribution >= 0.6 is 11.6 Å². The van der Waals surface area contributed by atoms with Crippen molar-refractivity contribution in [3.8, 4) is 0 Å². The van der Waals surface area contributed by atoms with E-state index in [0.29, 0.717) is 26.2 Å². The number of rotatable bonds is 5. The van der Waals surface area contributed by atoms with Gasteiger partial charge in [-0.1, -0.05) is 23.3 Å². The molecule has 1 saturated heterocycles. The van der Waals surface area contributed by atoms with Gasteiger partial charge in [0.2, 0.25) is 0 Å². The van der Waals surface area contributed by atoms with E-state index in [1.54, 1.807) is 0 Å². The number of ether oxygens (including phenoxy) is 2. The van der Waals surface area contributed by atoms with Gasteiger partial charge in [0.05, 0.1) is 30.9 Å². The summed E-state index contributed by atoms with van der Waals surface area (Å²) in [5.74, 6) is -1.14. The highest BCUT2D eigenvalue weighted by atomic mass is 35.5. The van der Waals surface area contributed by atoms with Crippen LogP contribution in [0.25, 0.3) is 0 Å². The van der Waals surface area contributed by atoms with E-state index in [9.17, 15) is 9.18 Å². The van der Waals surface area contributed by atoms with Crippen LogP contribution < -0.4 is 5.32 Å². The Bertz CT molecular complexity index is 587. The minimum Gasteiger partial charge on any atom is -0.379 e. The van der Waals surface area contributed by atoms with Gasteiger partial charge in [-0.3, -0.25) is 4.79 Å². The van der Waals surface area contributed by atoms with Crippen molar-refractivity contribution in [3.63, 3.8) is 0 Å². The van der Waals surface area contributed by atoms with Gasteiger partial charge < -0.3 is 14.8 Å². The summed E-state index contributed by atoms with van der Waals surface area (Å²) >= 11 is 5.70. The van der Waals surface area contributed by atoms with Gasteiger partial charge in [-0.15, -0.1) is 0 Å². The fourth-order valence-electron chi connectivity index (χ4n) is 2.31. The lowest BCUT2D eigenvalue weighted by Gasteiger charge is -2.32. The zero-order valence-electron chi connectivity index (χ0n) is 13.3. The summed E-state index contributed by atoms with van der Waals surface area (Å²) in [5.41, 5.74) is 1.13. The summed E-state index contributed by atoms with van der Waals surface area (Å²) in [7, 11) is 0. The van der Waals surface area contributed by atoms with Gasteiger partial charge in [0.15, 0.2) is 0 Å². The number of benzene rings is 1. The first-order chi connectivity index (χ1) is 11.0. The predicted molar refractivity (Wildman–Crippen MR) is 87.3 cm³/mol. The van der Waals surface area contributed by atoms with Gasteiger partial charge >= 0.3 is 0 Å². The Labute approximate surface area is 140 Å². The van der Waals surface area contributed by atoms with Crippen LogP contribution in [0.1, 0.15) is 30.6 Å². The molecule has 1 N–H and O–H groups in total. The monoisotopic (exact) mass is 341 g/mol. The zero-order valence-corrected chi connectivity index (χ0v) is 14.0. The third-order valence-electron chi connectivity index (χ3n) is 3.59. The summed E-state index contributed by atoms with van der Waals surface area (Å²) in [5, 5.41) is 3.04. The van der Waals surface area contributed by atoms with E-state index in [1.807, 2.05) is 19.9 Å². The summed E-state index contributed by atoms with van der Waals surface area (Å²) < 4.78 is 25.0. The maximum Gasteiger partial charge on any atom is 0.254 e. The molecule has 0 spiro atoms. The molecule has 6 heteroatoms. The number of amides is 1. The molecule has 1 aromatic carbocycles. The van der Waals surface area contributed by atoms with E-state index in [2.05, 4.69) is 5.32 Å². The molecule has 1 amide bonds. The maximum atomic E-state index is 13.8. The van der Waals surface area contributed by atoms with Crippen molar-refractivity contribution in [2.24, 2.45) is 0 Å². The Hall–Kier alpha value is -1.43. The molecule has 0 unspecified atom stereocenters. The van der Waals surface area contributed by atoms with E-state index < -0.39 is 11.7 Å². The summed E-state index contributed by atoms with van der Waals surface area (Å²) in [6.45, 7) is 5.40. The van der Waals surface area contributed by atoms with Gasteiger partial charge in [0.25, 0.3) is 5.91 Å². The predicted octanol–water partition coefficient (Wildman–Crippen LogP) is 3.35. The Morgan fingerprint density at radius 1 is 1.52 bits per heavy atom. The highest BCUT2D eigenvalue weighted by Crippen LogP contribution is 2.17. The number of allylic oxidation sites excluding steroid dienone is 1. The molecule has 1 aromatic rings. The Kier molecular flexibility index (Phi) is 6.57. The average molecular weight is 342 g/mol. The first-order valence-electron chi connectivity index (χ1n) is 7.56. The second-order valence-corrected chi connectivity index (χ2v) is 6.16. The Morgan fingerprint density at radius 3 is 3.00 bits per heavy atom. The van der Waals surface area contributed by atoms with E-state index in [4.69, 9.17) is 21.1 Å². The summed E-state index contributed by atoms with van der Waals surface area (Å²) in [4.78, 5) is 12.3. The molecule has 0 radical (unpaired) electrons. The maximum absolute atomic E-state index is 13.8. The van der Waals surface area contributed by atoms with Gasteiger partial charge in [-0.2, -0.15) is 0 Å². The van der Waals surface area contributed by atoms with Crippen molar-refractivity contribution in [3.05, 3.63) is 46.3 Å². The molecule has 4 nitrogen and oxygen atoms in total. The summed E-state index contributed by atoms with van der Waals surface area (Å²) in [6, 6.07) is 3.67. The second-order valence-electron chi connectivity index (χ2n) is 5.72. The van der Waals surface area contributed by atoms with Crippen LogP contribution in [0.4, 0.5) is 4.39 Å². The molecule has 2 atom stereocenters. The summed E-state index contributed by atoms with van der Waals surface area (Å²) in [6.07, 6.45) is 2.51. The van der Waals surface area contributed by atoms with Gasteiger partial charge in [0.1, 0.15) is 5.82 Å². The largest absolute Gasteiger partial charge is 0.379 e. The molecular formula is C17H21ClFNO3. The topological polar surface area (TPSA) is 47.6 Å². The third kappa shape index (κ3) is 5.30. The number of carbonyl (C=O) groups is 1. The van der Waals surface area contributed by atoms with E-state index in [0.717, 1.165) is 6.07 Å². The second kappa shape index (κ2) is 8.43. The van der Waals surface area contributed by atoms with Crippen molar-refractivity contribution in [2.45, 2.75) is 32.4 Å². The standard InChI is InChI=1S/C17H21ClFNO3/c1-11(2)5-8-23-16-6-7-22-10-15(16)20-17(21)13-4-3-12(18)9-14(13)19/h3-5,9,15-16H,6-8,10H2,1-2H3,(H,20,21)/t15-,16+/m0/s1. The van der Waals surface area contributed by atoms with Crippen LogP contribution in [0.2, 0.25) is 5.02 Å². The molecule has 0 aliphatic carbocycles. The number of halogens is 2. The van der Waals surface area contributed by atoms with Crippen LogP contribution in [0.15, 0.2) is 29.8 Å². The molecule has 23 heavy (non-hydrogen) atoms. The molecule has 1 heterocycles. The van der Waals surface area contributed by atoms with Gasteiger partial charge in [0, 0.05) is 11.6 Å². The first-order valence-corrected chi connectivity index (χ1v) is 7.94. The number of nitrogens with one attached hydrogen (secondary N) is 1. The molecule has 1 fully saturated rings. The highest BCUT2D eigenvalue weighted by molar-refractivity contribution is 6.30. The third-order valence-corrected chi connectivity index (χ3v) is 3.82. The smallest absolute Gasteiger partial charge is 0.254 e. The number of hydrogen-bond acceptors (Lipinski definition) is 3. The average Bonchev–Trinajstić information content (AvgIpc) is 2.48. The first kappa shape index (κ1) is 17.9. The molecule has 1 aliphatic heterocycles. The van der Waals surface area contributed by atoms with Crippen molar-refractivity contribution in [1.29, 1.82) is 0 Å². The van der Waals surface area contributed by atoms with Crippen LogP contribution in [0.3, 0.4) is 0 Å². The van der Waals surface area contributed by atoms with Gasteiger partial charge in [-0.05, 0) is 38.5 Å². The lowest BCUT2D eigenvalue weighted by molar-refractivity contribution is -0.0457. The SMILES string of the molecule is CC(C)=CCO[C@@H]1CCOC[C@@H]1NC(=O)c1ccc(Cl)cc1F. The van der Waals surface area contributed by atoms with Crippen LogP contribution in [0, 0.1) is 5.82 Å². The Morgan fingerprint density at radius 2 is 2.30 bits per heavy atom. The molecule has 0 aromatic heterocycles. The van der Waals surface area contributed by atoms with Crippen molar-refractivity contribution in [2.75, 3.05) is 19.8 Å². The molecule has 126 valence electrons. The van der Waals surface area contributed by atoms with E-state index in [1.165, 1.54) is 17.7 Å². The number of hydrogen-bond donors (Lipinski definition) is 1. The Balaban J connectivity index is 2.00. The van der Waals surface area contributed by atoms with E-state index >= 15 is 0 Å². The van der Waals surface area contributed by atoms with Crippen molar-refractivity contribution in [1.82, 2.24) is 5.32 Å². The van der Waals surface area contributed by atoms with Crippen molar-refractivity contribution >= 4 is 17.5 Å². The van der Waals surface area contributed by atoms with Crippen molar-refractivity contribution < 1.29 is 18.7 Å². The molecule has 0 bridgehead atoms. The lowest BCUT2D eigenvalue weighted by Crippen LogP contribution is -2.50. The van der Waals surface area contributed by atoms with Crippen LogP contribution in [-0.4, -0.2) is 37.9 Å². The van der Waals surface area contributed by atoms with Gasteiger partial charge in [-0.25, -0.2) is 4.39 Å². The van der Waals surface area contributed by atoms with Crippen LogP contribution in [0.5, 0.6) is 0 Å². The minimum atomic E-state index is -0.645. The molecule has 2 rings (SSSR count). The lowest BCUT2D eigenvalue weighted by atomic mass is 10.1. The fourth-order valence-corrected chi connectivity index (χ4v) is 2.47. The molecular weight excluding hydrogens is 321 g/mol. The van der Waals surface area contributed by atoms with E-state index in [-0.39, 0.29) is 22.7 Å². The normalized spacial score (nSPS) is 20.9. The minimum absolute atomic E-state index is 0.0389.